The van der Waals surface area contributed by atoms with Gasteiger partial charge in [0.1, 0.15) is 0 Å². The number of para-hydroxylation sites is 1. The summed E-state index contributed by atoms with van der Waals surface area (Å²) in [4.78, 5) is 32.3. The quantitative estimate of drug-likeness (QED) is 0.247. The van der Waals surface area contributed by atoms with E-state index in [-0.39, 0.29) is 34.7 Å². The Morgan fingerprint density at radius 3 is 2.42 bits per heavy atom. The Labute approximate surface area is 231 Å². The number of carbonyl (C=O) groups excluding carboxylic acids is 1. The summed E-state index contributed by atoms with van der Waals surface area (Å²) in [6, 6.07) is 28.0. The predicted octanol–water partition coefficient (Wildman–Crippen LogP) is 5.79. The van der Waals surface area contributed by atoms with Gasteiger partial charge in [0.15, 0.2) is 5.16 Å². The molecule has 5 atom stereocenters. The van der Waals surface area contributed by atoms with Crippen molar-refractivity contribution in [3.8, 4) is 0 Å². The summed E-state index contributed by atoms with van der Waals surface area (Å²) in [6.45, 7) is 0.489. The van der Waals surface area contributed by atoms with Crippen LogP contribution < -0.4 is 10.9 Å². The maximum atomic E-state index is 13.7. The molecule has 5 nitrogen and oxygen atoms in total. The van der Waals surface area contributed by atoms with Crippen molar-refractivity contribution in [3.05, 3.63) is 106 Å². The fourth-order valence-corrected chi connectivity index (χ4v) is 7.73. The van der Waals surface area contributed by atoms with Crippen LogP contribution in [-0.2, 0) is 17.8 Å². The van der Waals surface area contributed by atoms with E-state index in [1.807, 2.05) is 60.7 Å². The number of rotatable bonds is 6. The number of nitrogens with zero attached hydrogens (tertiary/aromatic N) is 2. The van der Waals surface area contributed by atoms with Crippen molar-refractivity contribution < 1.29 is 4.79 Å². The van der Waals surface area contributed by atoms with Crippen molar-refractivity contribution >= 4 is 40.2 Å². The van der Waals surface area contributed by atoms with Gasteiger partial charge in [0.2, 0.25) is 5.91 Å². The first kappa shape index (κ1) is 25.2. The fraction of sp³-hybridized carbons (Fsp3) is 0.323. The number of amides is 1. The van der Waals surface area contributed by atoms with Gasteiger partial charge in [-0.25, -0.2) is 4.98 Å². The van der Waals surface area contributed by atoms with E-state index in [0.717, 1.165) is 30.4 Å². The van der Waals surface area contributed by atoms with Crippen molar-refractivity contribution in [3.63, 3.8) is 0 Å². The topological polar surface area (TPSA) is 64.0 Å². The highest BCUT2D eigenvalue weighted by molar-refractivity contribution is 8.00. The van der Waals surface area contributed by atoms with Crippen LogP contribution in [0.5, 0.6) is 0 Å². The Morgan fingerprint density at radius 1 is 0.921 bits per heavy atom. The van der Waals surface area contributed by atoms with Gasteiger partial charge in [0.05, 0.1) is 16.2 Å². The Hall–Kier alpha value is -3.09. The molecule has 1 saturated carbocycles. The maximum absolute atomic E-state index is 13.7. The Balaban J connectivity index is 1.41. The van der Waals surface area contributed by atoms with E-state index in [2.05, 4.69) is 29.6 Å². The van der Waals surface area contributed by atoms with Gasteiger partial charge in [-0.15, -0.1) is 11.6 Å². The predicted molar refractivity (Wildman–Crippen MR) is 154 cm³/mol. The monoisotopic (exact) mass is 543 g/mol. The number of carbonyl (C=O) groups is 1. The number of hydrogen-bond acceptors (Lipinski definition) is 4. The second-order valence-electron chi connectivity index (χ2n) is 10.3. The van der Waals surface area contributed by atoms with Crippen molar-refractivity contribution in [2.45, 2.75) is 60.0 Å². The third kappa shape index (κ3) is 4.99. The van der Waals surface area contributed by atoms with Gasteiger partial charge in [0, 0.05) is 23.9 Å². The highest BCUT2D eigenvalue weighted by Crippen LogP contribution is 2.47. The van der Waals surface area contributed by atoms with Crippen molar-refractivity contribution in [1.82, 2.24) is 14.9 Å². The van der Waals surface area contributed by atoms with Crippen LogP contribution in [0.1, 0.15) is 36.3 Å². The minimum absolute atomic E-state index is 0.00939. The van der Waals surface area contributed by atoms with Crippen LogP contribution in [0.4, 0.5) is 0 Å². The summed E-state index contributed by atoms with van der Waals surface area (Å²) in [5, 5.41) is 4.17. The van der Waals surface area contributed by atoms with Gasteiger partial charge in [-0.05, 0) is 54.9 Å². The first-order chi connectivity index (χ1) is 18.6. The molecule has 0 spiro atoms. The molecule has 194 valence electrons. The first-order valence-electron chi connectivity index (χ1n) is 13.3. The van der Waals surface area contributed by atoms with Crippen molar-refractivity contribution in [2.24, 2.45) is 5.92 Å². The third-order valence-corrected chi connectivity index (χ3v) is 9.60. The Morgan fingerprint density at radius 2 is 1.63 bits per heavy atom. The molecule has 5 unspecified atom stereocenters. The summed E-state index contributed by atoms with van der Waals surface area (Å²) >= 11 is 8.09. The lowest BCUT2D eigenvalue weighted by Crippen LogP contribution is -2.57. The first-order valence-corrected chi connectivity index (χ1v) is 14.6. The molecular weight excluding hydrogens is 514 g/mol. The number of nitrogens with one attached hydrogen (secondary N) is 1. The molecule has 1 aromatic heterocycles. The average Bonchev–Trinajstić information content (AvgIpc) is 2.94. The lowest BCUT2D eigenvalue weighted by Gasteiger charge is -2.46. The zero-order valence-corrected chi connectivity index (χ0v) is 22.6. The highest BCUT2D eigenvalue weighted by Gasteiger charge is 2.47. The fourth-order valence-electron chi connectivity index (χ4n) is 6.04. The molecule has 38 heavy (non-hydrogen) atoms. The molecule has 2 aliphatic rings. The van der Waals surface area contributed by atoms with Gasteiger partial charge >= 0.3 is 0 Å². The van der Waals surface area contributed by atoms with Crippen LogP contribution >= 0.6 is 23.4 Å². The summed E-state index contributed by atoms with van der Waals surface area (Å²) in [7, 11) is 0. The minimum atomic E-state index is -0.420. The van der Waals surface area contributed by atoms with E-state index in [1.54, 1.807) is 4.57 Å². The minimum Gasteiger partial charge on any atom is -0.352 e. The van der Waals surface area contributed by atoms with Crippen LogP contribution in [-0.4, -0.2) is 32.1 Å². The normalized spacial score (nSPS) is 25.1. The second-order valence-corrected chi connectivity index (χ2v) is 12.0. The third-order valence-electron chi connectivity index (χ3n) is 7.92. The largest absolute Gasteiger partial charge is 0.352 e. The van der Waals surface area contributed by atoms with Gasteiger partial charge in [-0.1, -0.05) is 84.6 Å². The number of aryl methyl sites for hydroxylation is 1. The summed E-state index contributed by atoms with van der Waals surface area (Å²) in [5.74, 6) is 0.219. The van der Waals surface area contributed by atoms with E-state index in [9.17, 15) is 9.59 Å². The standard InChI is InChI=1S/C31H30ClN3O2S/c32-22-15-16-26-24(19-22)27(21-11-5-2-6-12-21)28(29(36)33-26)38-31-34-25-14-8-7-13-23(25)30(37)35(31)18-17-20-9-3-1-4-10-20/h1-14,22,24,26-28H,15-19H2,(H,33,36). The molecule has 2 heterocycles. The second kappa shape index (κ2) is 11.0. The number of piperidine rings is 1. The van der Waals surface area contributed by atoms with Gasteiger partial charge < -0.3 is 5.32 Å². The van der Waals surface area contributed by atoms with Crippen LogP contribution in [0.2, 0.25) is 0 Å². The molecule has 0 radical (unpaired) electrons. The number of aromatic nitrogens is 2. The van der Waals surface area contributed by atoms with E-state index in [0.29, 0.717) is 29.0 Å². The van der Waals surface area contributed by atoms with Gasteiger partial charge in [-0.2, -0.15) is 0 Å². The van der Waals surface area contributed by atoms with Crippen LogP contribution in [0.3, 0.4) is 0 Å². The SMILES string of the molecule is O=C1NC2CCC(Cl)CC2C(c2ccccc2)C1Sc1nc2ccccc2c(=O)n1CCc1ccccc1. The summed E-state index contributed by atoms with van der Waals surface area (Å²) < 4.78 is 1.76. The molecule has 1 amide bonds. The highest BCUT2D eigenvalue weighted by atomic mass is 35.5. The van der Waals surface area contributed by atoms with Crippen LogP contribution in [0.25, 0.3) is 10.9 Å². The number of thioether (sulfide) groups is 1. The molecule has 4 aromatic rings. The molecule has 1 saturated heterocycles. The molecule has 7 heteroatoms. The molecule has 3 aromatic carbocycles. The number of fused-ring (bicyclic) bond motifs is 2. The van der Waals surface area contributed by atoms with E-state index in [4.69, 9.17) is 16.6 Å². The van der Waals surface area contributed by atoms with Crippen molar-refractivity contribution in [1.29, 1.82) is 0 Å². The molecule has 1 aliphatic heterocycles. The molecule has 1 N–H and O–H groups in total. The molecular formula is C31H30ClN3O2S. The number of alkyl halides is 1. The molecule has 0 bridgehead atoms. The van der Waals surface area contributed by atoms with Crippen LogP contribution in [0.15, 0.2) is 94.9 Å². The molecule has 2 fully saturated rings. The number of benzene rings is 3. The summed E-state index contributed by atoms with van der Waals surface area (Å²) in [5.41, 5.74) is 2.87. The number of hydrogen-bond donors (Lipinski definition) is 1. The average molecular weight is 544 g/mol. The van der Waals surface area contributed by atoms with Crippen molar-refractivity contribution in [2.75, 3.05) is 0 Å². The van der Waals surface area contributed by atoms with E-state index < -0.39 is 5.25 Å². The van der Waals surface area contributed by atoms with Gasteiger partial charge in [-0.3, -0.25) is 14.2 Å². The Bertz CT molecular complexity index is 1490. The van der Waals surface area contributed by atoms with Gasteiger partial charge in [0.25, 0.3) is 5.56 Å². The molecule has 6 rings (SSSR count). The lowest BCUT2D eigenvalue weighted by molar-refractivity contribution is -0.125. The smallest absolute Gasteiger partial charge is 0.262 e. The lowest BCUT2D eigenvalue weighted by atomic mass is 9.69. The van der Waals surface area contributed by atoms with E-state index in [1.165, 1.54) is 11.8 Å². The maximum Gasteiger partial charge on any atom is 0.262 e. The molecule has 1 aliphatic carbocycles. The zero-order valence-electron chi connectivity index (χ0n) is 21.0. The summed E-state index contributed by atoms with van der Waals surface area (Å²) in [6.07, 6.45) is 3.36. The van der Waals surface area contributed by atoms with E-state index >= 15 is 0 Å². The van der Waals surface area contributed by atoms with Crippen LogP contribution in [0, 0.1) is 5.92 Å². The Kier molecular flexibility index (Phi) is 7.26. The zero-order chi connectivity index (χ0) is 26.1. The number of halogens is 1.